The highest BCUT2D eigenvalue weighted by atomic mass is 19.1. The standard InChI is InChI=1S/C47H47BF2N8O7/c1-24-17-31(18-25(2)39(24)49)58-41(56-15-14-55(45(56)61)36-10-8-33-32(40(36)50)23-64-48(33)62)38-27(4)54(13-11-34(38)52-58)42(59)37-20-30-19-28(29-12-16-63-46(5,6)22-29)7-9-35(30)57(37)47(21-26(47)3)43-51-44(60)65-53-43/h7-10,14-15,17-20,26-27,29,62H,11-13,16,21-23H2,1-6H3,(H,51,53,60). The van der Waals surface area contributed by atoms with Gasteiger partial charge < -0.3 is 23.9 Å². The Morgan fingerprint density at radius 1 is 0.985 bits per heavy atom. The van der Waals surface area contributed by atoms with Crippen LogP contribution in [0.5, 0.6) is 0 Å². The number of benzene rings is 3. The Balaban J connectivity index is 1.05. The summed E-state index contributed by atoms with van der Waals surface area (Å²) in [5.41, 5.74) is 3.53. The Bertz CT molecular complexity index is 3230. The van der Waals surface area contributed by atoms with E-state index in [1.165, 1.54) is 33.7 Å². The van der Waals surface area contributed by atoms with E-state index in [4.69, 9.17) is 19.0 Å². The molecule has 4 atom stereocenters. The molecule has 1 saturated heterocycles. The van der Waals surface area contributed by atoms with Crippen LogP contribution >= 0.6 is 0 Å². The lowest BCUT2D eigenvalue weighted by atomic mass is 9.79. The monoisotopic (exact) mass is 884 g/mol. The zero-order valence-corrected chi connectivity index (χ0v) is 36.8. The number of fused-ring (bicyclic) bond motifs is 3. The van der Waals surface area contributed by atoms with E-state index in [-0.39, 0.29) is 53.6 Å². The summed E-state index contributed by atoms with van der Waals surface area (Å²) in [5, 5.41) is 20.3. The highest BCUT2D eigenvalue weighted by Gasteiger charge is 2.59. The molecule has 11 rings (SSSR count). The Morgan fingerprint density at radius 2 is 1.74 bits per heavy atom. The van der Waals surface area contributed by atoms with Crippen molar-refractivity contribution in [3.8, 4) is 17.2 Å². The highest BCUT2D eigenvalue weighted by molar-refractivity contribution is 6.61. The number of amides is 1. The van der Waals surface area contributed by atoms with Crippen LogP contribution in [0.3, 0.4) is 0 Å². The predicted octanol–water partition coefficient (Wildman–Crippen LogP) is 5.77. The average Bonchev–Trinajstić information content (AvgIpc) is 3.90. The molecule has 3 aromatic carbocycles. The smallest absolute Gasteiger partial charge is 0.423 e. The van der Waals surface area contributed by atoms with Gasteiger partial charge in [-0.05, 0) is 124 Å². The van der Waals surface area contributed by atoms with Crippen molar-refractivity contribution >= 4 is 29.4 Å². The summed E-state index contributed by atoms with van der Waals surface area (Å²) >= 11 is 0. The number of carbonyl (C=O) groups is 1. The molecule has 7 heterocycles. The minimum atomic E-state index is -1.27. The second kappa shape index (κ2) is 14.6. The maximum Gasteiger partial charge on any atom is 0.491 e. The van der Waals surface area contributed by atoms with Gasteiger partial charge in [0.05, 0.1) is 35.3 Å². The third kappa shape index (κ3) is 6.27. The van der Waals surface area contributed by atoms with Gasteiger partial charge in [-0.15, -0.1) is 0 Å². The Kier molecular flexibility index (Phi) is 9.27. The number of carbonyl (C=O) groups excluding carboxylic acids is 1. The summed E-state index contributed by atoms with van der Waals surface area (Å²) in [6, 6.07) is 13.9. The lowest BCUT2D eigenvalue weighted by molar-refractivity contribution is -0.0592. The zero-order valence-electron chi connectivity index (χ0n) is 36.8. The molecular formula is C47H47BF2N8O7. The molecule has 0 spiro atoms. The van der Waals surface area contributed by atoms with E-state index in [2.05, 4.69) is 49.1 Å². The molecule has 2 N–H and O–H groups in total. The van der Waals surface area contributed by atoms with Crippen molar-refractivity contribution in [2.75, 3.05) is 13.2 Å². The van der Waals surface area contributed by atoms with Crippen molar-refractivity contribution in [3.05, 3.63) is 139 Å². The second-order valence-corrected chi connectivity index (χ2v) is 18.8. The van der Waals surface area contributed by atoms with E-state index in [1.807, 2.05) is 17.6 Å². The van der Waals surface area contributed by atoms with Crippen LogP contribution in [0.1, 0.15) is 109 Å². The average molecular weight is 885 g/mol. The lowest BCUT2D eigenvalue weighted by Crippen LogP contribution is -2.41. The van der Waals surface area contributed by atoms with Crippen LogP contribution < -0.4 is 16.9 Å². The van der Waals surface area contributed by atoms with Gasteiger partial charge in [-0.3, -0.25) is 23.4 Å². The number of imidazole rings is 1. The first-order chi connectivity index (χ1) is 31.1. The molecule has 3 aliphatic heterocycles. The number of hydrogen-bond acceptors (Lipinski definition) is 9. The van der Waals surface area contributed by atoms with Crippen molar-refractivity contribution in [1.29, 1.82) is 0 Å². The van der Waals surface area contributed by atoms with Crippen LogP contribution in [-0.2, 0) is 28.0 Å². The minimum Gasteiger partial charge on any atom is -0.423 e. The minimum absolute atomic E-state index is 0.0109. The maximum absolute atomic E-state index is 16.1. The van der Waals surface area contributed by atoms with Gasteiger partial charge in [0, 0.05) is 54.0 Å². The summed E-state index contributed by atoms with van der Waals surface area (Å²) in [4.78, 5) is 47.1. The molecule has 0 radical (unpaired) electrons. The molecule has 4 aromatic heterocycles. The first-order valence-electron chi connectivity index (χ1n) is 22.0. The third-order valence-corrected chi connectivity index (χ3v) is 14.3. The van der Waals surface area contributed by atoms with Crippen molar-refractivity contribution in [2.45, 2.75) is 96.9 Å². The van der Waals surface area contributed by atoms with Gasteiger partial charge in [0.15, 0.2) is 11.6 Å². The zero-order chi connectivity index (χ0) is 45.4. The molecule has 4 unspecified atom stereocenters. The van der Waals surface area contributed by atoms with Crippen LogP contribution in [0, 0.1) is 31.4 Å². The van der Waals surface area contributed by atoms with E-state index in [0.717, 1.165) is 29.3 Å². The summed E-state index contributed by atoms with van der Waals surface area (Å²) in [6.45, 7) is 12.2. The summed E-state index contributed by atoms with van der Waals surface area (Å²) < 4.78 is 53.7. The number of rotatable bonds is 7. The van der Waals surface area contributed by atoms with Crippen molar-refractivity contribution in [1.82, 2.24) is 38.5 Å². The van der Waals surface area contributed by atoms with Crippen molar-refractivity contribution < 1.29 is 32.5 Å². The molecule has 18 heteroatoms. The quantitative estimate of drug-likeness (QED) is 0.189. The molecule has 65 heavy (non-hydrogen) atoms. The van der Waals surface area contributed by atoms with E-state index >= 15 is 13.6 Å². The van der Waals surface area contributed by atoms with Crippen LogP contribution in [0.15, 0.2) is 75.0 Å². The molecule has 1 aliphatic carbocycles. The van der Waals surface area contributed by atoms with Gasteiger partial charge in [0.1, 0.15) is 22.9 Å². The maximum atomic E-state index is 16.1. The van der Waals surface area contributed by atoms with Gasteiger partial charge in [0.2, 0.25) is 0 Å². The first-order valence-corrected chi connectivity index (χ1v) is 22.0. The fourth-order valence-corrected chi connectivity index (χ4v) is 10.9. The summed E-state index contributed by atoms with van der Waals surface area (Å²) in [7, 11) is -1.27. The topological polar surface area (TPSA) is 168 Å². The number of ether oxygens (including phenoxy) is 1. The number of aryl methyl sites for hydroxylation is 2. The number of H-pyrrole nitrogens is 1. The van der Waals surface area contributed by atoms with Gasteiger partial charge in [-0.2, -0.15) is 5.10 Å². The fourth-order valence-electron chi connectivity index (χ4n) is 10.9. The van der Waals surface area contributed by atoms with Crippen LogP contribution in [0.4, 0.5) is 8.78 Å². The molecule has 2 fully saturated rings. The van der Waals surface area contributed by atoms with Crippen LogP contribution in [-0.4, -0.2) is 75.3 Å². The van der Waals surface area contributed by atoms with Gasteiger partial charge in [0.25, 0.3) is 5.91 Å². The van der Waals surface area contributed by atoms with Crippen LogP contribution in [0.25, 0.3) is 28.1 Å². The number of aromatic nitrogens is 7. The van der Waals surface area contributed by atoms with Gasteiger partial charge in [-0.25, -0.2) is 23.1 Å². The third-order valence-electron chi connectivity index (χ3n) is 14.3. The fraction of sp³-hybridized carbons (Fsp3) is 0.383. The Hall–Kier alpha value is -6.37. The Morgan fingerprint density at radius 3 is 2.45 bits per heavy atom. The van der Waals surface area contributed by atoms with E-state index in [0.29, 0.717) is 70.3 Å². The summed E-state index contributed by atoms with van der Waals surface area (Å²) in [6.07, 6.45) is 5.62. The molecule has 1 amide bonds. The molecule has 334 valence electrons. The normalized spacial score (nSPS) is 22.4. The first kappa shape index (κ1) is 41.3. The highest BCUT2D eigenvalue weighted by Crippen LogP contribution is 2.56. The molecular weight excluding hydrogens is 837 g/mol. The molecule has 15 nitrogen and oxygen atoms in total. The van der Waals surface area contributed by atoms with Crippen molar-refractivity contribution in [2.24, 2.45) is 5.92 Å². The molecule has 0 bridgehead atoms. The predicted molar refractivity (Wildman–Crippen MR) is 235 cm³/mol. The second-order valence-electron chi connectivity index (χ2n) is 18.8. The SMILES string of the molecule is Cc1cc(-n2nc3c(c2-n2ccn(-c4ccc5c(c4F)COB5O)c2=O)C(C)N(C(=O)c2cc4cc(C5CCOC(C)(C)C5)ccc4n2C2(c4noc(=O)[nH]4)CC2C)CC3)cc(C)c1F. The number of nitrogens with zero attached hydrogens (tertiary/aromatic N) is 7. The van der Waals surface area contributed by atoms with Gasteiger partial charge in [-0.1, -0.05) is 24.2 Å². The van der Waals surface area contributed by atoms with E-state index in [1.54, 1.807) is 35.6 Å². The largest absolute Gasteiger partial charge is 0.491 e. The lowest BCUT2D eigenvalue weighted by Gasteiger charge is -2.35. The Labute approximate surface area is 371 Å². The molecule has 1 saturated carbocycles. The summed E-state index contributed by atoms with van der Waals surface area (Å²) in [5.74, 6) is -1.11. The molecule has 7 aromatic rings. The number of nitrogens with one attached hydrogen (secondary N) is 1. The molecule has 4 aliphatic rings. The van der Waals surface area contributed by atoms with Crippen molar-refractivity contribution in [3.63, 3.8) is 0 Å². The van der Waals surface area contributed by atoms with Gasteiger partial charge >= 0.3 is 18.6 Å². The number of halogens is 2. The van der Waals surface area contributed by atoms with E-state index in [9.17, 15) is 14.6 Å². The number of aromatic amines is 1. The van der Waals surface area contributed by atoms with E-state index < -0.39 is 36.0 Å². The van der Waals surface area contributed by atoms with Crippen LogP contribution in [0.2, 0.25) is 0 Å². The number of hydrogen-bond donors (Lipinski definition) is 2.